The lowest BCUT2D eigenvalue weighted by Gasteiger charge is -2.42. The van der Waals surface area contributed by atoms with Gasteiger partial charge in [-0.05, 0) is 367 Å². The van der Waals surface area contributed by atoms with E-state index in [1.165, 1.54) is 170 Å². The molecule has 33 heteroatoms. The average molecular weight is 2070 g/mol. The van der Waals surface area contributed by atoms with Crippen molar-refractivity contribution in [3.8, 4) is 69.0 Å². The van der Waals surface area contributed by atoms with E-state index in [2.05, 4.69) is 43.5 Å². The predicted octanol–water partition coefficient (Wildman–Crippen LogP) is 14.7. The smallest absolute Gasteiger partial charge is 0.206 e. The van der Waals surface area contributed by atoms with E-state index >= 15 is 0 Å². The Morgan fingerprint density at radius 2 is 0.357 bits per heavy atom. The number of sulfone groups is 6. The van der Waals surface area contributed by atoms with Gasteiger partial charge in [0.05, 0.1) is 111 Å². The zero-order valence-corrected chi connectivity index (χ0v) is 84.1. The highest BCUT2D eigenvalue weighted by Crippen LogP contribution is 2.38. The summed E-state index contributed by atoms with van der Waals surface area (Å²) in [4.78, 5) is 1.13. The van der Waals surface area contributed by atoms with Crippen molar-refractivity contribution < 1.29 is 122 Å². The summed E-state index contributed by atoms with van der Waals surface area (Å²) in [5.74, 6) is 5.95. The molecular weight excluding hydrogens is 1960 g/mol. The molecule has 0 atom stereocenters. The minimum atomic E-state index is -3.93. The summed E-state index contributed by atoms with van der Waals surface area (Å²) in [7, 11) is -23.1. The summed E-state index contributed by atoms with van der Waals surface area (Å²) in [5, 5.41) is 6.58. The van der Waals surface area contributed by atoms with E-state index in [4.69, 9.17) is 49.5 Å². The molecule has 4 aliphatic heterocycles. The molecular formula is C107H111Cl3N4O20S6. The highest BCUT2D eigenvalue weighted by molar-refractivity contribution is 7.93. The van der Waals surface area contributed by atoms with E-state index in [1.54, 1.807) is 127 Å². The number of halogens is 3. The van der Waals surface area contributed by atoms with Crippen LogP contribution in [0.1, 0.15) is 51.4 Å². The molecule has 0 radical (unpaired) electrons. The molecule has 140 heavy (non-hydrogen) atoms. The molecule has 4 aliphatic rings. The number of piperidine rings is 4. The molecule has 0 bridgehead atoms. The number of rotatable bonds is 37. The van der Waals surface area contributed by atoms with Crippen molar-refractivity contribution in [1.82, 2.24) is 10.6 Å². The molecule has 736 valence electrons. The van der Waals surface area contributed by atoms with E-state index in [0.29, 0.717) is 74.9 Å². The first-order valence-electron chi connectivity index (χ1n) is 45.3. The van der Waals surface area contributed by atoms with E-state index in [-0.39, 0.29) is 108 Å². The van der Waals surface area contributed by atoms with Gasteiger partial charge in [-0.25, -0.2) is 50.5 Å². The Kier molecular flexibility index (Phi) is 37.1. The number of nitrogens with zero attached hydrogens (tertiary/aromatic N) is 2. The summed E-state index contributed by atoms with van der Waals surface area (Å²) >= 11 is 5.07. The molecule has 4 saturated heterocycles. The number of alkyl halides is 1. The fourth-order valence-corrected chi connectivity index (χ4v) is 24.2. The van der Waals surface area contributed by atoms with Crippen LogP contribution in [0.2, 0.25) is 0 Å². The molecule has 0 unspecified atom stereocenters. The monoisotopic (exact) mass is 2070 g/mol. The van der Waals surface area contributed by atoms with Gasteiger partial charge >= 0.3 is 0 Å². The van der Waals surface area contributed by atoms with Gasteiger partial charge in [-0.1, -0.05) is 32.4 Å². The molecule has 0 aromatic heterocycles. The topological polar surface area (TPSA) is 303 Å². The van der Waals surface area contributed by atoms with Crippen LogP contribution in [-0.4, -0.2) is 168 Å². The maximum Gasteiger partial charge on any atom is 0.206 e. The lowest BCUT2D eigenvalue weighted by molar-refractivity contribution is -0.922. The van der Waals surface area contributed by atoms with Crippen LogP contribution in [0.3, 0.4) is 0 Å². The van der Waals surface area contributed by atoms with Crippen LogP contribution < -0.4 is 73.3 Å². The third kappa shape index (κ3) is 27.3. The average Bonchev–Trinajstić information content (AvgIpc) is 0.803. The van der Waals surface area contributed by atoms with Crippen LogP contribution in [0.15, 0.2) is 413 Å². The molecule has 12 aromatic rings. The van der Waals surface area contributed by atoms with Gasteiger partial charge in [-0.3, -0.25) is 0 Å². The zero-order valence-electron chi connectivity index (χ0n) is 76.9. The maximum atomic E-state index is 13.6. The first-order chi connectivity index (χ1) is 66.4. The lowest BCUT2D eigenvalue weighted by Crippen LogP contribution is -3.00. The van der Waals surface area contributed by atoms with Gasteiger partial charge in [0.2, 0.25) is 59.0 Å². The largest absolute Gasteiger partial charge is 1.00 e. The summed E-state index contributed by atoms with van der Waals surface area (Å²) in [5.41, 5.74) is 0. The van der Waals surface area contributed by atoms with E-state index in [9.17, 15) is 50.5 Å². The third-order valence-electron chi connectivity index (χ3n) is 24.2. The molecule has 2 N–H and O–H groups in total. The Balaban J connectivity index is 0.000000241. The number of allylic oxidation sites excluding steroid dienone is 1. The number of nitrogens with one attached hydrogen (secondary N) is 2. The van der Waals surface area contributed by atoms with Gasteiger partial charge in [0.1, 0.15) is 93.4 Å². The van der Waals surface area contributed by atoms with Gasteiger partial charge < -0.3 is 82.3 Å². The van der Waals surface area contributed by atoms with E-state index in [1.807, 2.05) is 24.3 Å². The van der Waals surface area contributed by atoms with Crippen LogP contribution in [-0.2, 0) is 59.0 Å². The first-order valence-corrected chi connectivity index (χ1v) is 54.7. The fraction of sp³-hybridized carbons (Fsp3) is 0.234. The molecule has 16 rings (SSSR count). The van der Waals surface area contributed by atoms with E-state index in [0.717, 1.165) is 139 Å². The maximum absolute atomic E-state index is 13.6. The Morgan fingerprint density at radius 3 is 0.486 bits per heavy atom. The van der Waals surface area contributed by atoms with Crippen molar-refractivity contribution in [2.45, 2.75) is 135 Å². The summed E-state index contributed by atoms with van der Waals surface area (Å²) < 4.78 is 211. The zero-order chi connectivity index (χ0) is 97.6. The molecule has 4 heterocycles. The van der Waals surface area contributed by atoms with Crippen molar-refractivity contribution in [2.24, 2.45) is 0 Å². The second-order valence-corrected chi connectivity index (χ2v) is 45.8. The molecule has 0 amide bonds. The van der Waals surface area contributed by atoms with Crippen LogP contribution in [0, 0.1) is 0 Å². The number of ether oxygens (including phenoxy) is 8. The first kappa shape index (κ1) is 107. The van der Waals surface area contributed by atoms with Crippen molar-refractivity contribution >= 4 is 70.6 Å². The third-order valence-corrected chi connectivity index (χ3v) is 35.1. The summed E-state index contributed by atoms with van der Waals surface area (Å²) in [6, 6.07) is 73.5. The van der Waals surface area contributed by atoms with Crippen LogP contribution in [0.5, 0.6) is 69.0 Å². The van der Waals surface area contributed by atoms with Crippen molar-refractivity contribution in [3.63, 3.8) is 0 Å². The normalized spacial score (nSPS) is 15.3. The number of hydrogen-bond acceptors (Lipinski definition) is 22. The summed E-state index contributed by atoms with van der Waals surface area (Å²) in [6.45, 7) is 30.0. The highest BCUT2D eigenvalue weighted by atomic mass is 35.5. The highest BCUT2D eigenvalue weighted by Gasteiger charge is 2.36. The quantitative estimate of drug-likeness (QED) is 0.0208. The predicted molar refractivity (Wildman–Crippen MR) is 532 cm³/mol. The lowest BCUT2D eigenvalue weighted by atomic mass is 10.0. The minimum Gasteiger partial charge on any atom is -1.00 e. The van der Waals surface area contributed by atoms with Crippen molar-refractivity contribution in [1.29, 1.82) is 0 Å². The standard InChI is InChI=1S/C58H62N2O10S3.C46H44N2O10S3.C3H5Cl.2ClH/c1-5-37-59(38-6-2)41-33-51(34-42-59)69-49-17-29-57(30-18-49)72(63,64)55-25-13-47(14-26-55)67-45-9-21-53(22-10-45)71(61,62)54-23-11-46(12-24-54)68-48-15-27-56(28-16-48)73(65,66)58-31-19-50(20-32-58)70-52-35-43-60(39-7-3,40-8-4)44-36-52;49-59(50,41-13-1-33(2-14-41)55-35-5-17-43(18-6-35)60(51,52)45-21-9-37(10-22-45)57-39-25-29-47-30-26-39)42-15-3-34(4-16-42)56-36-7-19-44(20-8-36)61(53,54)46-23-11-38(12-24-46)58-40-27-31-48-32-28-40;1-2-3-4;;/h5-32,51-52H,1-4,33-44H2;1-24,39-40,47-48H,25-32H2;2H,1,3H2;2*1H/q+2;;;;/p-2. The Hall–Kier alpha value is -11.9. The molecule has 0 saturated carbocycles. The van der Waals surface area contributed by atoms with Gasteiger partial charge in [0, 0.05) is 31.6 Å². The molecule has 12 aromatic carbocycles. The Morgan fingerprint density at radius 1 is 0.229 bits per heavy atom. The summed E-state index contributed by atoms with van der Waals surface area (Å²) in [6.07, 6.45) is 16.9. The Bertz CT molecular complexity index is 6480. The molecule has 0 spiro atoms. The van der Waals surface area contributed by atoms with Gasteiger partial charge in [0.15, 0.2) is 0 Å². The second-order valence-electron chi connectivity index (χ2n) is 33.8. The van der Waals surface area contributed by atoms with Crippen LogP contribution >= 0.6 is 11.6 Å². The van der Waals surface area contributed by atoms with Crippen molar-refractivity contribution in [3.05, 3.63) is 354 Å². The Labute approximate surface area is 839 Å². The van der Waals surface area contributed by atoms with Crippen LogP contribution in [0.25, 0.3) is 0 Å². The van der Waals surface area contributed by atoms with Gasteiger partial charge in [-0.2, -0.15) is 0 Å². The number of hydrogen-bond donors (Lipinski definition) is 2. The fourth-order valence-electron chi connectivity index (χ4n) is 16.6. The minimum absolute atomic E-state index is 0. The van der Waals surface area contributed by atoms with E-state index < -0.39 is 59.0 Å². The number of benzene rings is 12. The van der Waals surface area contributed by atoms with Gasteiger partial charge in [-0.15, -0.1) is 18.2 Å². The van der Waals surface area contributed by atoms with Gasteiger partial charge in [0.25, 0.3) is 0 Å². The van der Waals surface area contributed by atoms with Crippen molar-refractivity contribution in [2.75, 3.05) is 84.4 Å². The number of likely N-dealkylation sites (tertiary alicyclic amines) is 2. The second kappa shape index (κ2) is 48.6. The SMILES string of the molecule is C=CCCl.C=CC[N+]1(CC=C)CCC(Oc2ccc(S(=O)(=O)c3ccc(Oc4ccc(S(=O)(=O)c5ccc(Oc6ccc(S(=O)(=O)c7ccc(OC8CC[N+](CC=C)(CC=C)CC8)cc7)cc6)cc5)cc4)cc3)cc2)CC1.O=S(=O)(c1ccc(Oc2ccc(S(=O)(=O)c3ccc(OC4CCNCC4)cc3)cc2)cc1)c1ccc(Oc2ccc(S(=O)(=O)c3ccc(OC4CCNCC4)cc3)cc2)cc1.[Cl-].[Cl-]. The molecule has 0 aliphatic carbocycles. The molecule has 4 fully saturated rings. The number of quaternary nitrogens is 2. The molecule has 24 nitrogen and oxygen atoms in total. The van der Waals surface area contributed by atoms with Crippen LogP contribution in [0.4, 0.5) is 0 Å².